The van der Waals surface area contributed by atoms with Gasteiger partial charge in [-0.25, -0.2) is 0 Å². The van der Waals surface area contributed by atoms with E-state index in [1.54, 1.807) is 0 Å². The van der Waals surface area contributed by atoms with Gasteiger partial charge in [-0.1, -0.05) is 24.3 Å². The summed E-state index contributed by atoms with van der Waals surface area (Å²) >= 11 is 0. The molecule has 0 aliphatic heterocycles. The average molecular weight is 185 g/mol. The van der Waals surface area contributed by atoms with Gasteiger partial charge in [0.15, 0.2) is 0 Å². The fourth-order valence-electron chi connectivity index (χ4n) is 1.88. The minimum atomic E-state index is -0.348. The summed E-state index contributed by atoms with van der Waals surface area (Å²) in [5.74, 6) is 0.721. The fraction of sp³-hybridized carbons (Fsp3) is 0.462. The molecule has 0 heterocycles. The number of hydrogen-bond donors (Lipinski definition) is 0. The number of rotatable bonds is 2. The molecule has 1 aromatic rings. The second-order valence-corrected chi connectivity index (χ2v) is 4.60. The Balaban J connectivity index is 2.47. The lowest BCUT2D eigenvalue weighted by molar-refractivity contribution is 0.676. The van der Waals surface area contributed by atoms with Crippen LogP contribution in [0, 0.1) is 11.3 Å². The maximum absolute atomic E-state index is 9.12. The smallest absolute Gasteiger partial charge is 0.0769 e. The van der Waals surface area contributed by atoms with E-state index in [4.69, 9.17) is 5.26 Å². The molecule has 0 atom stereocenters. The first kappa shape index (κ1) is 9.27. The highest BCUT2D eigenvalue weighted by molar-refractivity contribution is 5.41. The van der Waals surface area contributed by atoms with Gasteiger partial charge in [-0.2, -0.15) is 5.26 Å². The Bertz CT molecular complexity index is 380. The first-order valence-corrected chi connectivity index (χ1v) is 5.16. The van der Waals surface area contributed by atoms with Gasteiger partial charge in [-0.15, -0.1) is 0 Å². The van der Waals surface area contributed by atoms with Gasteiger partial charge in [0.05, 0.1) is 11.5 Å². The molecule has 1 aliphatic rings. The molecule has 1 fully saturated rings. The lowest BCUT2D eigenvalue weighted by Crippen LogP contribution is -2.16. The van der Waals surface area contributed by atoms with Crippen LogP contribution in [0.1, 0.15) is 43.7 Å². The molecule has 1 nitrogen and oxygen atoms in total. The summed E-state index contributed by atoms with van der Waals surface area (Å²) in [6, 6.07) is 10.7. The van der Waals surface area contributed by atoms with Crippen LogP contribution in [-0.4, -0.2) is 0 Å². The van der Waals surface area contributed by atoms with Crippen LogP contribution in [0.2, 0.25) is 0 Å². The minimum Gasteiger partial charge on any atom is -0.197 e. The van der Waals surface area contributed by atoms with E-state index in [9.17, 15) is 0 Å². The van der Waals surface area contributed by atoms with Crippen LogP contribution in [0.25, 0.3) is 0 Å². The lowest BCUT2D eigenvalue weighted by Gasteiger charge is -2.19. The number of hydrogen-bond acceptors (Lipinski definition) is 1. The van der Waals surface area contributed by atoms with Gasteiger partial charge in [0.2, 0.25) is 0 Å². The van der Waals surface area contributed by atoms with Crippen molar-refractivity contribution >= 4 is 0 Å². The molecule has 1 aliphatic carbocycles. The van der Waals surface area contributed by atoms with Crippen molar-refractivity contribution in [2.75, 3.05) is 0 Å². The van der Waals surface area contributed by atoms with Gasteiger partial charge in [0.1, 0.15) is 0 Å². The Morgan fingerprint density at radius 3 is 2.50 bits per heavy atom. The molecule has 0 aromatic heterocycles. The Kier molecular flexibility index (Phi) is 2.07. The van der Waals surface area contributed by atoms with Crippen molar-refractivity contribution in [1.82, 2.24) is 0 Å². The second-order valence-electron chi connectivity index (χ2n) is 4.60. The molecule has 0 radical (unpaired) electrons. The molecule has 0 N–H and O–H groups in total. The van der Waals surface area contributed by atoms with E-state index in [-0.39, 0.29) is 5.41 Å². The van der Waals surface area contributed by atoms with Crippen LogP contribution in [0.3, 0.4) is 0 Å². The largest absolute Gasteiger partial charge is 0.197 e. The predicted molar refractivity (Wildman–Crippen MR) is 57.1 cm³/mol. The second kappa shape index (κ2) is 3.13. The van der Waals surface area contributed by atoms with E-state index in [2.05, 4.69) is 24.3 Å². The zero-order valence-electron chi connectivity index (χ0n) is 8.75. The van der Waals surface area contributed by atoms with E-state index in [0.29, 0.717) is 0 Å². The summed E-state index contributed by atoms with van der Waals surface area (Å²) in [5, 5.41) is 9.12. The summed E-state index contributed by atoms with van der Waals surface area (Å²) < 4.78 is 0. The fourth-order valence-corrected chi connectivity index (χ4v) is 1.88. The van der Waals surface area contributed by atoms with Gasteiger partial charge in [0, 0.05) is 0 Å². The quantitative estimate of drug-likeness (QED) is 0.693. The van der Waals surface area contributed by atoms with Crippen LogP contribution in [0.4, 0.5) is 0 Å². The third-order valence-electron chi connectivity index (χ3n) is 2.93. The van der Waals surface area contributed by atoms with E-state index < -0.39 is 0 Å². The topological polar surface area (TPSA) is 23.8 Å². The summed E-state index contributed by atoms with van der Waals surface area (Å²) in [6.45, 7) is 3.99. The normalized spacial score (nSPS) is 16.4. The average Bonchev–Trinajstić information content (AvgIpc) is 3.01. The highest BCUT2D eigenvalue weighted by Crippen LogP contribution is 2.44. The minimum absolute atomic E-state index is 0.348. The summed E-state index contributed by atoms with van der Waals surface area (Å²) in [5.41, 5.74) is 2.25. The standard InChI is InChI=1S/C13H15N/c1-13(2,9-14)12-6-4-3-5-11(12)10-7-8-10/h3-6,10H,7-8H2,1-2H3. The van der Waals surface area contributed by atoms with Crippen LogP contribution in [-0.2, 0) is 5.41 Å². The van der Waals surface area contributed by atoms with Crippen molar-refractivity contribution in [2.45, 2.75) is 38.0 Å². The van der Waals surface area contributed by atoms with E-state index in [1.807, 2.05) is 19.9 Å². The lowest BCUT2D eigenvalue weighted by atomic mass is 9.82. The summed E-state index contributed by atoms with van der Waals surface area (Å²) in [4.78, 5) is 0. The zero-order chi connectivity index (χ0) is 10.2. The molecule has 0 bridgehead atoms. The molecule has 0 saturated heterocycles. The summed E-state index contributed by atoms with van der Waals surface area (Å²) in [6.07, 6.45) is 2.58. The van der Waals surface area contributed by atoms with Crippen molar-refractivity contribution < 1.29 is 0 Å². The van der Waals surface area contributed by atoms with Gasteiger partial charge in [-0.05, 0) is 43.7 Å². The Morgan fingerprint density at radius 2 is 1.93 bits per heavy atom. The molecule has 0 amide bonds. The number of benzene rings is 1. The Morgan fingerprint density at radius 1 is 1.29 bits per heavy atom. The Labute approximate surface area is 85.4 Å². The Hall–Kier alpha value is -1.29. The van der Waals surface area contributed by atoms with Crippen LogP contribution in [0.5, 0.6) is 0 Å². The molecule has 72 valence electrons. The third kappa shape index (κ3) is 1.53. The zero-order valence-corrected chi connectivity index (χ0v) is 8.75. The number of nitrogens with zero attached hydrogens (tertiary/aromatic N) is 1. The molecule has 1 heteroatoms. The van der Waals surface area contributed by atoms with Crippen molar-refractivity contribution in [3.63, 3.8) is 0 Å². The molecule has 0 spiro atoms. The van der Waals surface area contributed by atoms with Crippen LogP contribution >= 0.6 is 0 Å². The molecule has 0 unspecified atom stereocenters. The monoisotopic (exact) mass is 185 g/mol. The SMILES string of the molecule is CC(C)(C#N)c1ccccc1C1CC1. The molecule has 2 rings (SSSR count). The van der Waals surface area contributed by atoms with Crippen LogP contribution in [0.15, 0.2) is 24.3 Å². The molecule has 14 heavy (non-hydrogen) atoms. The van der Waals surface area contributed by atoms with E-state index in [0.717, 1.165) is 5.92 Å². The maximum atomic E-state index is 9.12. The van der Waals surface area contributed by atoms with Crippen molar-refractivity contribution in [3.05, 3.63) is 35.4 Å². The first-order chi connectivity index (χ1) is 6.65. The highest BCUT2D eigenvalue weighted by Gasteiger charge is 2.31. The number of nitriles is 1. The first-order valence-electron chi connectivity index (χ1n) is 5.16. The predicted octanol–water partition coefficient (Wildman–Crippen LogP) is 3.37. The van der Waals surface area contributed by atoms with E-state index in [1.165, 1.54) is 24.0 Å². The van der Waals surface area contributed by atoms with Gasteiger partial charge in [0.25, 0.3) is 0 Å². The van der Waals surface area contributed by atoms with Gasteiger partial charge < -0.3 is 0 Å². The molecule has 1 aromatic carbocycles. The summed E-state index contributed by atoms with van der Waals surface area (Å²) in [7, 11) is 0. The van der Waals surface area contributed by atoms with Crippen molar-refractivity contribution in [3.8, 4) is 6.07 Å². The van der Waals surface area contributed by atoms with Crippen molar-refractivity contribution in [2.24, 2.45) is 0 Å². The maximum Gasteiger partial charge on any atom is 0.0769 e. The van der Waals surface area contributed by atoms with Gasteiger partial charge in [-0.3, -0.25) is 0 Å². The van der Waals surface area contributed by atoms with E-state index >= 15 is 0 Å². The molecular weight excluding hydrogens is 170 g/mol. The van der Waals surface area contributed by atoms with Crippen LogP contribution < -0.4 is 0 Å². The molecule has 1 saturated carbocycles. The molecular formula is C13H15N. The van der Waals surface area contributed by atoms with Crippen molar-refractivity contribution in [1.29, 1.82) is 5.26 Å². The third-order valence-corrected chi connectivity index (χ3v) is 2.93. The van der Waals surface area contributed by atoms with Gasteiger partial charge >= 0.3 is 0 Å². The highest BCUT2D eigenvalue weighted by atomic mass is 14.4.